The van der Waals surface area contributed by atoms with Gasteiger partial charge in [0.15, 0.2) is 11.5 Å². The van der Waals surface area contributed by atoms with Crippen molar-refractivity contribution < 1.29 is 22.3 Å². The molecule has 3 atom stereocenters. The van der Waals surface area contributed by atoms with Gasteiger partial charge in [0, 0.05) is 17.4 Å². The first-order valence-electron chi connectivity index (χ1n) is 11.1. The van der Waals surface area contributed by atoms with Crippen molar-refractivity contribution in [2.75, 3.05) is 20.8 Å². The molecule has 5 rings (SSSR count). The quantitative estimate of drug-likeness (QED) is 0.435. The van der Waals surface area contributed by atoms with E-state index in [4.69, 9.17) is 19.6 Å². The summed E-state index contributed by atoms with van der Waals surface area (Å²) < 4.78 is 45.1. The summed E-state index contributed by atoms with van der Waals surface area (Å²) in [6.45, 7) is 0.256. The summed E-state index contributed by atoms with van der Waals surface area (Å²) in [7, 11) is -0.935. The zero-order valence-electron chi connectivity index (χ0n) is 19.2. The second-order valence-corrected chi connectivity index (χ2v) is 11.7. The number of sulfonamides is 1. The molecular formula is C24H25BrN4O5S. The molecule has 1 saturated heterocycles. The normalized spacial score (nSPS) is 21.0. The highest BCUT2D eigenvalue weighted by Crippen LogP contribution is 2.41. The maximum absolute atomic E-state index is 13.6. The smallest absolute Gasteiger partial charge is 0.243 e. The van der Waals surface area contributed by atoms with Crippen LogP contribution in [0.3, 0.4) is 0 Å². The Morgan fingerprint density at radius 2 is 1.91 bits per heavy atom. The van der Waals surface area contributed by atoms with E-state index in [2.05, 4.69) is 32.2 Å². The lowest BCUT2D eigenvalue weighted by molar-refractivity contribution is 0.316. The number of hydrogen-bond acceptors (Lipinski definition) is 8. The summed E-state index contributed by atoms with van der Waals surface area (Å²) in [5.74, 6) is 1.26. The summed E-state index contributed by atoms with van der Waals surface area (Å²) >= 11 is 3.56. The molecule has 2 aromatic carbocycles. The molecule has 1 aliphatic heterocycles. The predicted octanol–water partition coefficient (Wildman–Crippen LogP) is 3.63. The van der Waals surface area contributed by atoms with E-state index in [0.29, 0.717) is 24.3 Å². The molecule has 3 aromatic rings. The molecule has 184 valence electrons. The van der Waals surface area contributed by atoms with Gasteiger partial charge in [-0.3, -0.25) is 0 Å². The van der Waals surface area contributed by atoms with Crippen molar-refractivity contribution in [3.63, 3.8) is 0 Å². The predicted molar refractivity (Wildman–Crippen MR) is 133 cm³/mol. The highest BCUT2D eigenvalue weighted by atomic mass is 79.9. The number of rotatable bonds is 7. The van der Waals surface area contributed by atoms with Gasteiger partial charge in [-0.05, 0) is 41.7 Å². The van der Waals surface area contributed by atoms with Gasteiger partial charge in [-0.15, -0.1) is 10.2 Å². The van der Waals surface area contributed by atoms with Crippen molar-refractivity contribution in [1.82, 2.24) is 14.5 Å². The summed E-state index contributed by atoms with van der Waals surface area (Å²) in [6.07, 6.45) is 3.24. The van der Waals surface area contributed by atoms with Crippen molar-refractivity contribution in [2.24, 2.45) is 5.73 Å². The topological polar surface area (TPSA) is 121 Å². The van der Waals surface area contributed by atoms with Crippen molar-refractivity contribution in [1.29, 1.82) is 0 Å². The number of aromatic nitrogens is 2. The number of halogens is 1. The van der Waals surface area contributed by atoms with E-state index >= 15 is 0 Å². The maximum Gasteiger partial charge on any atom is 0.243 e. The van der Waals surface area contributed by atoms with E-state index < -0.39 is 22.1 Å². The van der Waals surface area contributed by atoms with Crippen LogP contribution >= 0.6 is 15.9 Å². The Morgan fingerprint density at radius 1 is 1.14 bits per heavy atom. The molecule has 2 unspecified atom stereocenters. The number of benzene rings is 2. The van der Waals surface area contributed by atoms with Crippen molar-refractivity contribution in [3.8, 4) is 11.5 Å². The minimum atomic E-state index is -3.89. The lowest BCUT2D eigenvalue weighted by Gasteiger charge is -2.22. The Bertz CT molecular complexity index is 1390. The SMILES string of the molecule is COc1ccc(S(=O)(=O)N2CC(Br)CC2c2nnc([C@@H](N)C3=Cc4ccccc4C3)o2)cc1OC. The lowest BCUT2D eigenvalue weighted by Crippen LogP contribution is -2.31. The van der Waals surface area contributed by atoms with Gasteiger partial charge in [-0.1, -0.05) is 46.3 Å². The second-order valence-electron chi connectivity index (χ2n) is 8.49. The van der Waals surface area contributed by atoms with Crippen LogP contribution in [0.5, 0.6) is 11.5 Å². The molecule has 35 heavy (non-hydrogen) atoms. The Morgan fingerprint density at radius 3 is 2.66 bits per heavy atom. The molecule has 9 nitrogen and oxygen atoms in total. The van der Waals surface area contributed by atoms with Crippen molar-refractivity contribution in [3.05, 3.63) is 70.9 Å². The van der Waals surface area contributed by atoms with Gasteiger partial charge in [-0.25, -0.2) is 8.42 Å². The lowest BCUT2D eigenvalue weighted by atomic mass is 10.1. The first-order chi connectivity index (χ1) is 16.8. The highest BCUT2D eigenvalue weighted by molar-refractivity contribution is 9.09. The molecule has 2 heterocycles. The first kappa shape index (κ1) is 24.0. The third-order valence-corrected chi connectivity index (χ3v) is 8.90. The number of methoxy groups -OCH3 is 2. The fraction of sp³-hybridized carbons (Fsp3) is 0.333. The molecule has 0 bridgehead atoms. The average Bonchev–Trinajstić information content (AvgIpc) is 3.60. The molecule has 11 heteroatoms. The molecule has 1 aromatic heterocycles. The van der Waals surface area contributed by atoms with Gasteiger partial charge >= 0.3 is 0 Å². The third-order valence-electron chi connectivity index (χ3n) is 6.36. The second kappa shape index (κ2) is 9.38. The highest BCUT2D eigenvalue weighted by Gasteiger charge is 2.43. The van der Waals surface area contributed by atoms with Gasteiger partial charge < -0.3 is 19.6 Å². The maximum atomic E-state index is 13.6. The largest absolute Gasteiger partial charge is 0.493 e. The van der Waals surface area contributed by atoms with Crippen LogP contribution in [0.25, 0.3) is 6.08 Å². The van der Waals surface area contributed by atoms with Gasteiger partial charge in [0.2, 0.25) is 21.8 Å². The monoisotopic (exact) mass is 560 g/mol. The molecule has 0 saturated carbocycles. The fourth-order valence-corrected chi connectivity index (χ4v) is 7.04. The summed E-state index contributed by atoms with van der Waals surface area (Å²) in [6, 6.07) is 11.4. The standard InChI is InChI=1S/C24H25BrN4O5S/c1-32-20-8-7-18(12-21(20)33-2)35(30,31)29-13-17(25)11-19(29)23-27-28-24(34-23)22(26)16-9-14-5-3-4-6-15(14)10-16/h3-9,12,17,19,22H,10-11,13,26H2,1-2H3/t17?,19?,22-/m0/s1. The Labute approximate surface area is 212 Å². The van der Waals surface area contributed by atoms with Crippen LogP contribution in [0.4, 0.5) is 0 Å². The van der Waals surface area contributed by atoms with Crippen LogP contribution in [-0.2, 0) is 16.4 Å². The number of nitrogens with zero attached hydrogens (tertiary/aromatic N) is 3. The molecule has 0 spiro atoms. The van der Waals surface area contributed by atoms with Crippen molar-refractivity contribution in [2.45, 2.75) is 34.6 Å². The average molecular weight is 561 g/mol. The van der Waals surface area contributed by atoms with Gasteiger partial charge in [0.25, 0.3) is 0 Å². The van der Waals surface area contributed by atoms with E-state index in [-0.39, 0.29) is 28.0 Å². The third kappa shape index (κ3) is 4.37. The van der Waals surface area contributed by atoms with Crippen LogP contribution in [-0.4, -0.2) is 48.5 Å². The number of hydrogen-bond donors (Lipinski definition) is 1. The van der Waals surface area contributed by atoms with E-state index in [1.54, 1.807) is 6.07 Å². The van der Waals surface area contributed by atoms with Gasteiger partial charge in [-0.2, -0.15) is 4.31 Å². The molecule has 0 radical (unpaired) electrons. The molecular weight excluding hydrogens is 536 g/mol. The molecule has 1 aliphatic carbocycles. The summed E-state index contributed by atoms with van der Waals surface area (Å²) in [5, 5.41) is 8.37. The number of ether oxygens (including phenoxy) is 2. The Balaban J connectivity index is 1.41. The van der Waals surface area contributed by atoms with E-state index in [1.807, 2.05) is 24.3 Å². The number of alkyl halides is 1. The summed E-state index contributed by atoms with van der Waals surface area (Å²) in [5.41, 5.74) is 9.76. The van der Waals surface area contributed by atoms with Crippen LogP contribution in [0.1, 0.15) is 41.4 Å². The molecule has 2 N–H and O–H groups in total. The van der Waals surface area contributed by atoms with Crippen LogP contribution < -0.4 is 15.2 Å². The van der Waals surface area contributed by atoms with Crippen molar-refractivity contribution >= 4 is 32.0 Å². The Hall–Kier alpha value is -2.73. The first-order valence-corrected chi connectivity index (χ1v) is 13.4. The number of nitrogens with two attached hydrogens (primary N) is 1. The van der Waals surface area contributed by atoms with Crippen LogP contribution in [0.2, 0.25) is 0 Å². The number of fused-ring (bicyclic) bond motifs is 1. The Kier molecular flexibility index (Phi) is 6.43. The van der Waals surface area contributed by atoms with Crippen LogP contribution in [0, 0.1) is 0 Å². The van der Waals surface area contributed by atoms with E-state index in [9.17, 15) is 8.42 Å². The van der Waals surface area contributed by atoms with E-state index in [0.717, 1.165) is 11.1 Å². The fourth-order valence-electron chi connectivity index (χ4n) is 4.53. The molecule has 2 aliphatic rings. The summed E-state index contributed by atoms with van der Waals surface area (Å²) in [4.78, 5) is 0.0190. The zero-order chi connectivity index (χ0) is 24.7. The molecule has 0 amide bonds. The molecule has 1 fully saturated rings. The minimum Gasteiger partial charge on any atom is -0.493 e. The zero-order valence-corrected chi connectivity index (χ0v) is 21.6. The van der Waals surface area contributed by atoms with Gasteiger partial charge in [0.1, 0.15) is 12.1 Å². The van der Waals surface area contributed by atoms with E-state index in [1.165, 1.54) is 36.2 Å². The minimum absolute atomic E-state index is 0.0709. The van der Waals surface area contributed by atoms with Crippen LogP contribution in [0.15, 0.2) is 57.4 Å². The van der Waals surface area contributed by atoms with Gasteiger partial charge in [0.05, 0.1) is 19.1 Å².